The molecule has 1 aliphatic rings. The first-order chi connectivity index (χ1) is 9.03. The molecule has 1 heterocycles. The average molecular weight is 285 g/mol. The van der Waals surface area contributed by atoms with E-state index in [1.807, 2.05) is 0 Å². The second-order valence-electron chi connectivity index (χ2n) is 5.44. The van der Waals surface area contributed by atoms with Crippen LogP contribution in [-0.2, 0) is 16.6 Å². The molecule has 0 saturated heterocycles. The first-order valence-electron chi connectivity index (χ1n) is 6.90. The number of H-pyrrole nitrogens is 1. The molecule has 0 aliphatic heterocycles. The summed E-state index contributed by atoms with van der Waals surface area (Å²) in [5.74, 6) is 1.05. The molecule has 1 saturated carbocycles. The SMILES string of the molecule is CC1CCCCC1CNS(=O)(=O)c1c[nH]c(CN)c1. The molecule has 0 radical (unpaired) electrons. The fourth-order valence-electron chi connectivity index (χ4n) is 2.69. The van der Waals surface area contributed by atoms with Crippen molar-refractivity contribution in [1.29, 1.82) is 0 Å². The van der Waals surface area contributed by atoms with E-state index >= 15 is 0 Å². The Labute approximate surface area is 115 Å². The van der Waals surface area contributed by atoms with Crippen LogP contribution in [0.2, 0.25) is 0 Å². The van der Waals surface area contributed by atoms with E-state index in [9.17, 15) is 8.42 Å². The molecule has 2 atom stereocenters. The van der Waals surface area contributed by atoms with Crippen molar-refractivity contribution in [2.24, 2.45) is 17.6 Å². The number of nitrogens with two attached hydrogens (primary N) is 1. The van der Waals surface area contributed by atoms with Gasteiger partial charge in [0, 0.05) is 25.0 Å². The third-order valence-electron chi connectivity index (χ3n) is 4.07. The first kappa shape index (κ1) is 14.6. The Morgan fingerprint density at radius 1 is 1.42 bits per heavy atom. The van der Waals surface area contributed by atoms with Crippen LogP contribution in [0, 0.1) is 11.8 Å². The van der Waals surface area contributed by atoms with Crippen molar-refractivity contribution in [1.82, 2.24) is 9.71 Å². The molecule has 6 heteroatoms. The van der Waals surface area contributed by atoms with Gasteiger partial charge in [0.25, 0.3) is 0 Å². The van der Waals surface area contributed by atoms with Crippen molar-refractivity contribution in [3.8, 4) is 0 Å². The van der Waals surface area contributed by atoms with E-state index in [1.165, 1.54) is 25.5 Å². The standard InChI is InChI=1S/C13H23N3O2S/c1-10-4-2-3-5-11(10)8-16-19(17,18)13-6-12(7-14)15-9-13/h6,9-11,15-16H,2-5,7-8,14H2,1H3. The van der Waals surface area contributed by atoms with Gasteiger partial charge in [-0.2, -0.15) is 0 Å². The van der Waals surface area contributed by atoms with Gasteiger partial charge in [0.1, 0.15) is 0 Å². The van der Waals surface area contributed by atoms with Gasteiger partial charge in [-0.3, -0.25) is 0 Å². The Morgan fingerprint density at radius 2 is 2.16 bits per heavy atom. The smallest absolute Gasteiger partial charge is 0.242 e. The molecule has 0 aromatic carbocycles. The van der Waals surface area contributed by atoms with Crippen molar-refractivity contribution in [2.75, 3.05) is 6.54 Å². The number of sulfonamides is 1. The molecule has 0 bridgehead atoms. The fourth-order valence-corrected chi connectivity index (χ4v) is 3.80. The highest BCUT2D eigenvalue weighted by Crippen LogP contribution is 2.29. The number of aromatic nitrogens is 1. The predicted octanol–water partition coefficient (Wildman–Crippen LogP) is 1.58. The Balaban J connectivity index is 1.97. The van der Waals surface area contributed by atoms with Crippen molar-refractivity contribution >= 4 is 10.0 Å². The maximum Gasteiger partial charge on any atom is 0.242 e. The lowest BCUT2D eigenvalue weighted by atomic mass is 9.81. The summed E-state index contributed by atoms with van der Waals surface area (Å²) in [6.45, 7) is 3.06. The molecule has 0 spiro atoms. The summed E-state index contributed by atoms with van der Waals surface area (Å²) in [6, 6.07) is 1.59. The maximum absolute atomic E-state index is 12.1. The molecule has 0 amide bonds. The third-order valence-corrected chi connectivity index (χ3v) is 5.47. The van der Waals surface area contributed by atoms with Gasteiger partial charge in [0.15, 0.2) is 0 Å². The van der Waals surface area contributed by atoms with Crippen LogP contribution in [0.25, 0.3) is 0 Å². The third kappa shape index (κ3) is 3.58. The zero-order valence-electron chi connectivity index (χ0n) is 11.4. The van der Waals surface area contributed by atoms with Crippen molar-refractivity contribution in [2.45, 2.75) is 44.0 Å². The van der Waals surface area contributed by atoms with Crippen molar-refractivity contribution < 1.29 is 8.42 Å². The van der Waals surface area contributed by atoms with Crippen LogP contribution in [-0.4, -0.2) is 19.9 Å². The largest absolute Gasteiger partial charge is 0.363 e. The number of hydrogen-bond donors (Lipinski definition) is 3. The number of rotatable bonds is 5. The summed E-state index contributed by atoms with van der Waals surface area (Å²) in [6.07, 6.45) is 6.29. The average Bonchev–Trinajstić information content (AvgIpc) is 2.87. The summed E-state index contributed by atoms with van der Waals surface area (Å²) in [4.78, 5) is 3.14. The Kier molecular flexibility index (Phi) is 4.65. The summed E-state index contributed by atoms with van der Waals surface area (Å²) >= 11 is 0. The molecule has 1 aliphatic carbocycles. The quantitative estimate of drug-likeness (QED) is 0.767. The minimum atomic E-state index is -3.41. The second-order valence-corrected chi connectivity index (χ2v) is 7.21. The maximum atomic E-state index is 12.1. The van der Waals surface area contributed by atoms with E-state index in [2.05, 4.69) is 16.6 Å². The van der Waals surface area contributed by atoms with Crippen LogP contribution in [0.5, 0.6) is 0 Å². The molecule has 108 valence electrons. The van der Waals surface area contributed by atoms with E-state index in [-0.39, 0.29) is 4.90 Å². The zero-order chi connectivity index (χ0) is 13.9. The molecule has 2 rings (SSSR count). The topological polar surface area (TPSA) is 88.0 Å². The van der Waals surface area contributed by atoms with Crippen molar-refractivity contribution in [3.05, 3.63) is 18.0 Å². The van der Waals surface area contributed by atoms with Gasteiger partial charge in [-0.25, -0.2) is 13.1 Å². The molecule has 2 unspecified atom stereocenters. The number of hydrogen-bond acceptors (Lipinski definition) is 3. The van der Waals surface area contributed by atoms with Gasteiger partial charge >= 0.3 is 0 Å². The fraction of sp³-hybridized carbons (Fsp3) is 0.692. The summed E-state index contributed by atoms with van der Waals surface area (Å²) < 4.78 is 27.0. The van der Waals surface area contributed by atoms with Crippen LogP contribution in [0.4, 0.5) is 0 Å². The second kappa shape index (κ2) is 6.07. The van der Waals surface area contributed by atoms with Gasteiger partial charge in [-0.15, -0.1) is 0 Å². The first-order valence-corrected chi connectivity index (χ1v) is 8.38. The normalized spacial score (nSPS) is 24.5. The number of aromatic amines is 1. The Morgan fingerprint density at radius 3 is 2.79 bits per heavy atom. The van der Waals surface area contributed by atoms with E-state index in [0.717, 1.165) is 12.1 Å². The Bertz CT molecular complexity index is 510. The van der Waals surface area contributed by atoms with E-state index < -0.39 is 10.0 Å². The van der Waals surface area contributed by atoms with Crippen LogP contribution < -0.4 is 10.5 Å². The lowest BCUT2D eigenvalue weighted by molar-refractivity contribution is 0.257. The molecule has 5 nitrogen and oxygen atoms in total. The minimum Gasteiger partial charge on any atom is -0.363 e. The molecule has 19 heavy (non-hydrogen) atoms. The molecule has 4 N–H and O–H groups in total. The highest BCUT2D eigenvalue weighted by atomic mass is 32.2. The van der Waals surface area contributed by atoms with Gasteiger partial charge in [0.2, 0.25) is 10.0 Å². The van der Waals surface area contributed by atoms with Gasteiger partial charge in [-0.1, -0.05) is 26.2 Å². The van der Waals surface area contributed by atoms with Crippen molar-refractivity contribution in [3.63, 3.8) is 0 Å². The van der Waals surface area contributed by atoms with Crippen LogP contribution in [0.15, 0.2) is 17.2 Å². The molecule has 1 aromatic heterocycles. The van der Waals surface area contributed by atoms with Gasteiger partial charge in [0.05, 0.1) is 4.90 Å². The lowest BCUT2D eigenvalue weighted by Gasteiger charge is -2.28. The van der Waals surface area contributed by atoms with E-state index in [1.54, 1.807) is 6.07 Å². The summed E-state index contributed by atoms with van der Waals surface area (Å²) in [5, 5.41) is 0. The highest BCUT2D eigenvalue weighted by molar-refractivity contribution is 7.89. The molecule has 1 fully saturated rings. The minimum absolute atomic E-state index is 0.274. The van der Waals surface area contributed by atoms with Gasteiger partial charge < -0.3 is 10.7 Å². The highest BCUT2D eigenvalue weighted by Gasteiger charge is 2.24. The van der Waals surface area contributed by atoms with Gasteiger partial charge in [-0.05, 0) is 24.3 Å². The van der Waals surface area contributed by atoms with E-state index in [4.69, 9.17) is 5.73 Å². The lowest BCUT2D eigenvalue weighted by Crippen LogP contribution is -2.33. The van der Waals surface area contributed by atoms with Crippen LogP contribution >= 0.6 is 0 Å². The predicted molar refractivity (Wildman–Crippen MR) is 75.0 cm³/mol. The monoisotopic (exact) mass is 285 g/mol. The zero-order valence-corrected chi connectivity index (χ0v) is 12.2. The van der Waals surface area contributed by atoms with Crippen LogP contribution in [0.1, 0.15) is 38.3 Å². The number of nitrogens with one attached hydrogen (secondary N) is 2. The van der Waals surface area contributed by atoms with E-state index in [0.29, 0.717) is 24.9 Å². The molecular weight excluding hydrogens is 262 g/mol. The Hall–Kier alpha value is -0.850. The summed E-state index contributed by atoms with van der Waals surface area (Å²) in [5.41, 5.74) is 6.20. The molecule has 1 aromatic rings. The van der Waals surface area contributed by atoms with Crippen LogP contribution in [0.3, 0.4) is 0 Å². The summed E-state index contributed by atoms with van der Waals surface area (Å²) in [7, 11) is -3.41. The molecular formula is C13H23N3O2S.